The van der Waals surface area contributed by atoms with E-state index in [0.29, 0.717) is 4.87 Å². The minimum atomic E-state index is 0.454. The van der Waals surface area contributed by atoms with E-state index in [-0.39, 0.29) is 0 Å². The van der Waals surface area contributed by atoms with Crippen LogP contribution in [0.4, 0.5) is 0 Å². The van der Waals surface area contributed by atoms with Crippen molar-refractivity contribution in [2.75, 3.05) is 6.54 Å². The Morgan fingerprint density at radius 1 is 1.23 bits per heavy atom. The number of thioether (sulfide) groups is 1. The van der Waals surface area contributed by atoms with Crippen LogP contribution >= 0.6 is 11.8 Å². The summed E-state index contributed by atoms with van der Waals surface area (Å²) in [6.07, 6.45) is 7.03. The van der Waals surface area contributed by atoms with E-state index in [2.05, 4.69) is 30.9 Å². The van der Waals surface area contributed by atoms with Gasteiger partial charge in [0.05, 0.1) is 4.87 Å². The van der Waals surface area contributed by atoms with Gasteiger partial charge in [0.25, 0.3) is 0 Å². The van der Waals surface area contributed by atoms with Crippen molar-refractivity contribution < 1.29 is 0 Å². The SMILES string of the molecule is CC1CCNC2(CCCCC2C)S1. The summed E-state index contributed by atoms with van der Waals surface area (Å²) in [4.78, 5) is 0.454. The summed E-state index contributed by atoms with van der Waals surface area (Å²) >= 11 is 2.21. The van der Waals surface area contributed by atoms with E-state index < -0.39 is 0 Å². The second-order valence-corrected chi connectivity index (χ2v) is 6.45. The third-order valence-electron chi connectivity index (χ3n) is 3.62. The normalized spacial score (nSPS) is 46.6. The Balaban J connectivity index is 2.07. The van der Waals surface area contributed by atoms with Gasteiger partial charge in [0.2, 0.25) is 0 Å². The highest BCUT2D eigenvalue weighted by molar-refractivity contribution is 8.01. The van der Waals surface area contributed by atoms with E-state index in [9.17, 15) is 0 Å². The van der Waals surface area contributed by atoms with Crippen molar-refractivity contribution in [3.63, 3.8) is 0 Å². The fourth-order valence-corrected chi connectivity index (χ4v) is 4.45. The average molecular weight is 199 g/mol. The molecule has 1 saturated carbocycles. The molecular weight excluding hydrogens is 178 g/mol. The van der Waals surface area contributed by atoms with Crippen LogP contribution in [0.3, 0.4) is 0 Å². The summed E-state index contributed by atoms with van der Waals surface area (Å²) < 4.78 is 0. The molecule has 1 aliphatic carbocycles. The summed E-state index contributed by atoms with van der Waals surface area (Å²) in [7, 11) is 0. The molecule has 0 aromatic heterocycles. The molecule has 3 unspecified atom stereocenters. The Bertz CT molecular complexity index is 179. The van der Waals surface area contributed by atoms with Crippen molar-refractivity contribution >= 4 is 11.8 Å². The van der Waals surface area contributed by atoms with Crippen molar-refractivity contribution in [2.45, 2.75) is 56.1 Å². The zero-order valence-corrected chi connectivity index (χ0v) is 9.62. The number of rotatable bonds is 0. The monoisotopic (exact) mass is 199 g/mol. The molecular formula is C11H21NS. The van der Waals surface area contributed by atoms with Gasteiger partial charge in [-0.1, -0.05) is 26.7 Å². The Kier molecular flexibility index (Phi) is 2.89. The molecule has 13 heavy (non-hydrogen) atoms. The molecule has 1 heterocycles. The highest BCUT2D eigenvalue weighted by Gasteiger charge is 2.41. The predicted molar refractivity (Wildman–Crippen MR) is 60.0 cm³/mol. The Hall–Kier alpha value is 0.310. The van der Waals surface area contributed by atoms with E-state index in [1.54, 1.807) is 0 Å². The zero-order chi connectivity index (χ0) is 9.31. The standard InChI is InChI=1S/C11H21NS/c1-9-5-3-4-7-11(9)12-8-6-10(2)13-11/h9-10,12H,3-8H2,1-2H3. The second-order valence-electron chi connectivity index (χ2n) is 4.68. The van der Waals surface area contributed by atoms with Crippen LogP contribution in [0, 0.1) is 5.92 Å². The molecule has 2 heteroatoms. The van der Waals surface area contributed by atoms with Crippen LogP contribution in [-0.2, 0) is 0 Å². The van der Waals surface area contributed by atoms with Gasteiger partial charge in [-0.3, -0.25) is 0 Å². The maximum absolute atomic E-state index is 3.78. The van der Waals surface area contributed by atoms with Crippen molar-refractivity contribution in [1.29, 1.82) is 0 Å². The molecule has 0 aromatic rings. The lowest BCUT2D eigenvalue weighted by molar-refractivity contribution is 0.240. The van der Waals surface area contributed by atoms with Crippen LogP contribution in [0.15, 0.2) is 0 Å². The highest BCUT2D eigenvalue weighted by Crippen LogP contribution is 2.46. The van der Waals surface area contributed by atoms with Crippen molar-refractivity contribution in [2.24, 2.45) is 5.92 Å². The van der Waals surface area contributed by atoms with Gasteiger partial charge >= 0.3 is 0 Å². The minimum Gasteiger partial charge on any atom is -0.303 e. The first-order valence-corrected chi connectivity index (χ1v) is 6.54. The summed E-state index contributed by atoms with van der Waals surface area (Å²) in [5, 5.41) is 4.64. The first-order valence-electron chi connectivity index (χ1n) is 5.66. The molecule has 1 nitrogen and oxygen atoms in total. The van der Waals surface area contributed by atoms with Gasteiger partial charge in [-0.15, -0.1) is 11.8 Å². The molecule has 1 saturated heterocycles. The fourth-order valence-electron chi connectivity index (χ4n) is 2.70. The lowest BCUT2D eigenvalue weighted by Crippen LogP contribution is -2.53. The van der Waals surface area contributed by atoms with Gasteiger partial charge in [0.1, 0.15) is 0 Å². The maximum Gasteiger partial charge on any atom is 0.0673 e. The quantitative estimate of drug-likeness (QED) is 0.643. The fraction of sp³-hybridized carbons (Fsp3) is 1.00. The van der Waals surface area contributed by atoms with Gasteiger partial charge in [-0.2, -0.15) is 0 Å². The van der Waals surface area contributed by atoms with Gasteiger partial charge in [-0.25, -0.2) is 0 Å². The average Bonchev–Trinajstić information content (AvgIpc) is 2.11. The van der Waals surface area contributed by atoms with E-state index >= 15 is 0 Å². The van der Waals surface area contributed by atoms with E-state index in [0.717, 1.165) is 11.2 Å². The van der Waals surface area contributed by atoms with Crippen LogP contribution in [0.25, 0.3) is 0 Å². The highest BCUT2D eigenvalue weighted by atomic mass is 32.2. The van der Waals surface area contributed by atoms with Gasteiger partial charge in [0, 0.05) is 5.25 Å². The molecule has 0 radical (unpaired) electrons. The number of nitrogens with one attached hydrogen (secondary N) is 1. The van der Waals surface area contributed by atoms with Crippen LogP contribution in [0.2, 0.25) is 0 Å². The topological polar surface area (TPSA) is 12.0 Å². The lowest BCUT2D eigenvalue weighted by Gasteiger charge is -2.47. The zero-order valence-electron chi connectivity index (χ0n) is 8.81. The third-order valence-corrected chi connectivity index (χ3v) is 5.43. The third kappa shape index (κ3) is 1.89. The van der Waals surface area contributed by atoms with Crippen molar-refractivity contribution in [3.05, 3.63) is 0 Å². The second kappa shape index (κ2) is 3.82. The van der Waals surface area contributed by atoms with Crippen LogP contribution in [0.1, 0.15) is 46.0 Å². The predicted octanol–water partition coefficient (Wildman–Crippen LogP) is 3.01. The molecule has 2 rings (SSSR count). The molecule has 1 aliphatic heterocycles. The molecule has 0 aromatic carbocycles. The summed E-state index contributed by atoms with van der Waals surface area (Å²) in [6, 6.07) is 0. The lowest BCUT2D eigenvalue weighted by atomic mass is 9.85. The summed E-state index contributed by atoms with van der Waals surface area (Å²) in [6.45, 7) is 6.05. The van der Waals surface area contributed by atoms with Crippen molar-refractivity contribution in [1.82, 2.24) is 5.32 Å². The molecule has 0 amide bonds. The van der Waals surface area contributed by atoms with Crippen LogP contribution in [-0.4, -0.2) is 16.7 Å². The van der Waals surface area contributed by atoms with Crippen LogP contribution < -0.4 is 5.32 Å². The summed E-state index contributed by atoms with van der Waals surface area (Å²) in [5.41, 5.74) is 0. The number of hydrogen-bond donors (Lipinski definition) is 1. The molecule has 3 atom stereocenters. The van der Waals surface area contributed by atoms with Crippen LogP contribution in [0.5, 0.6) is 0 Å². The largest absolute Gasteiger partial charge is 0.303 e. The van der Waals surface area contributed by atoms with Gasteiger partial charge in [0.15, 0.2) is 0 Å². The molecule has 0 bridgehead atoms. The molecule has 1 spiro atoms. The molecule has 2 fully saturated rings. The van der Waals surface area contributed by atoms with Gasteiger partial charge in [-0.05, 0) is 31.7 Å². The summed E-state index contributed by atoms with van der Waals surface area (Å²) in [5.74, 6) is 0.869. The first-order chi connectivity index (χ1) is 6.23. The molecule has 1 N–H and O–H groups in total. The van der Waals surface area contributed by atoms with E-state index in [1.165, 1.54) is 38.6 Å². The smallest absolute Gasteiger partial charge is 0.0673 e. The Labute approximate surface area is 86.0 Å². The van der Waals surface area contributed by atoms with Crippen molar-refractivity contribution in [3.8, 4) is 0 Å². The Morgan fingerprint density at radius 2 is 2.08 bits per heavy atom. The van der Waals surface area contributed by atoms with Gasteiger partial charge < -0.3 is 5.32 Å². The first kappa shape index (κ1) is 9.85. The van der Waals surface area contributed by atoms with E-state index in [4.69, 9.17) is 0 Å². The molecule has 76 valence electrons. The van der Waals surface area contributed by atoms with E-state index in [1.807, 2.05) is 0 Å². The Morgan fingerprint density at radius 3 is 2.77 bits per heavy atom. The minimum absolute atomic E-state index is 0.454. The maximum atomic E-state index is 3.78. The number of hydrogen-bond acceptors (Lipinski definition) is 2. The molecule has 2 aliphatic rings.